The minimum Gasteiger partial charge on any atom is -0.481 e. The van der Waals surface area contributed by atoms with Gasteiger partial charge in [-0.3, -0.25) is 4.79 Å². The molecule has 2 aromatic heterocycles. The van der Waals surface area contributed by atoms with Gasteiger partial charge in [0.15, 0.2) is 5.82 Å². The van der Waals surface area contributed by atoms with Crippen LogP contribution in [-0.2, 0) is 4.79 Å². The first kappa shape index (κ1) is 17.7. The molecule has 1 aliphatic rings. The lowest BCUT2D eigenvalue weighted by Gasteiger charge is -2.31. The fraction of sp³-hybridized carbons (Fsp3) is 0.368. The van der Waals surface area contributed by atoms with Gasteiger partial charge in [-0.25, -0.2) is 4.68 Å². The van der Waals surface area contributed by atoms with Crippen molar-refractivity contribution in [2.75, 3.05) is 18.0 Å². The van der Waals surface area contributed by atoms with E-state index < -0.39 is 11.9 Å². The van der Waals surface area contributed by atoms with Crippen molar-refractivity contribution >= 4 is 34.3 Å². The lowest BCUT2D eigenvalue weighted by Crippen LogP contribution is -2.39. The number of benzene rings is 1. The summed E-state index contributed by atoms with van der Waals surface area (Å²) in [5.74, 6) is -0.534. The van der Waals surface area contributed by atoms with Crippen LogP contribution in [0.5, 0.6) is 0 Å². The molecule has 3 heterocycles. The highest BCUT2D eigenvalue weighted by Crippen LogP contribution is 2.32. The van der Waals surface area contributed by atoms with Gasteiger partial charge in [-0.1, -0.05) is 23.7 Å². The average molecular weight is 386 g/mol. The van der Waals surface area contributed by atoms with Crippen molar-refractivity contribution in [2.45, 2.75) is 26.7 Å². The number of halogens is 1. The summed E-state index contributed by atoms with van der Waals surface area (Å²) >= 11 is 6.37. The van der Waals surface area contributed by atoms with Crippen LogP contribution < -0.4 is 4.90 Å². The number of hydrogen-bond acceptors (Lipinski definition) is 5. The molecule has 1 aliphatic heterocycles. The van der Waals surface area contributed by atoms with Crippen LogP contribution in [0.15, 0.2) is 24.3 Å². The molecule has 1 N–H and O–H groups in total. The van der Waals surface area contributed by atoms with Gasteiger partial charge in [0.1, 0.15) is 5.52 Å². The van der Waals surface area contributed by atoms with Crippen LogP contribution in [0.3, 0.4) is 0 Å². The summed E-state index contributed by atoms with van der Waals surface area (Å²) in [6.07, 6.45) is 1.49. The Kier molecular flexibility index (Phi) is 4.47. The quantitative estimate of drug-likeness (QED) is 0.744. The monoisotopic (exact) mass is 385 g/mol. The van der Waals surface area contributed by atoms with Crippen molar-refractivity contribution in [1.82, 2.24) is 20.0 Å². The van der Waals surface area contributed by atoms with Gasteiger partial charge < -0.3 is 10.0 Å². The Morgan fingerprint density at radius 1 is 1.26 bits per heavy atom. The minimum atomic E-state index is -0.770. The largest absolute Gasteiger partial charge is 0.481 e. The van der Waals surface area contributed by atoms with Crippen LogP contribution in [0.1, 0.15) is 24.2 Å². The molecule has 1 saturated heterocycles. The second-order valence-electron chi connectivity index (χ2n) is 6.90. The maximum atomic E-state index is 11.4. The van der Waals surface area contributed by atoms with E-state index >= 15 is 0 Å². The molecule has 1 unspecified atom stereocenters. The maximum absolute atomic E-state index is 11.4. The summed E-state index contributed by atoms with van der Waals surface area (Å²) in [6, 6.07) is 7.54. The van der Waals surface area contributed by atoms with Crippen LogP contribution in [0, 0.1) is 19.8 Å². The van der Waals surface area contributed by atoms with Gasteiger partial charge in [0, 0.05) is 13.1 Å². The van der Waals surface area contributed by atoms with E-state index in [1.54, 1.807) is 0 Å². The third-order valence-electron chi connectivity index (χ3n) is 5.14. The number of carboxylic acid groups (broad SMARTS) is 1. The Bertz CT molecular complexity index is 1030. The topological polar surface area (TPSA) is 84.1 Å². The van der Waals surface area contributed by atoms with E-state index in [9.17, 15) is 9.90 Å². The van der Waals surface area contributed by atoms with E-state index in [0.29, 0.717) is 23.8 Å². The lowest BCUT2D eigenvalue weighted by atomic mass is 9.98. The molecule has 0 spiro atoms. The number of hydrogen-bond donors (Lipinski definition) is 1. The number of aromatic nitrogens is 4. The molecule has 0 saturated carbocycles. The van der Waals surface area contributed by atoms with Crippen LogP contribution >= 0.6 is 11.6 Å². The zero-order valence-electron chi connectivity index (χ0n) is 15.2. The highest BCUT2D eigenvalue weighted by molar-refractivity contribution is 6.32. The molecule has 140 valence electrons. The molecule has 4 rings (SSSR count). The zero-order chi connectivity index (χ0) is 19.1. The number of nitrogens with zero attached hydrogens (tertiary/aromatic N) is 5. The van der Waals surface area contributed by atoms with Gasteiger partial charge in [0.05, 0.1) is 33.4 Å². The van der Waals surface area contributed by atoms with Crippen molar-refractivity contribution in [3.05, 3.63) is 40.7 Å². The molecule has 0 aliphatic carbocycles. The summed E-state index contributed by atoms with van der Waals surface area (Å²) in [5.41, 5.74) is 3.24. The van der Waals surface area contributed by atoms with Crippen molar-refractivity contribution in [3.8, 4) is 5.69 Å². The number of aliphatic carboxylic acids is 1. The second-order valence-corrected chi connectivity index (χ2v) is 7.31. The van der Waals surface area contributed by atoms with Crippen LogP contribution in [-0.4, -0.2) is 44.1 Å². The second kappa shape index (κ2) is 6.81. The molecule has 1 atom stereocenters. The summed E-state index contributed by atoms with van der Waals surface area (Å²) in [5, 5.41) is 24.4. The first-order chi connectivity index (χ1) is 13.0. The smallest absolute Gasteiger partial charge is 0.308 e. The van der Waals surface area contributed by atoms with E-state index in [2.05, 4.69) is 10.2 Å². The predicted octanol–water partition coefficient (Wildman–Crippen LogP) is 3.39. The third kappa shape index (κ3) is 3.02. The van der Waals surface area contributed by atoms with Gasteiger partial charge in [-0.2, -0.15) is 10.2 Å². The molecule has 8 heteroatoms. The first-order valence-corrected chi connectivity index (χ1v) is 9.30. The van der Waals surface area contributed by atoms with E-state index in [1.165, 1.54) is 0 Å². The number of para-hydroxylation sites is 1. The summed E-state index contributed by atoms with van der Waals surface area (Å²) < 4.78 is 1.81. The molecule has 0 amide bonds. The van der Waals surface area contributed by atoms with Crippen LogP contribution in [0.4, 0.5) is 5.82 Å². The van der Waals surface area contributed by atoms with Gasteiger partial charge in [-0.15, -0.1) is 5.10 Å². The van der Waals surface area contributed by atoms with Gasteiger partial charge >= 0.3 is 5.97 Å². The Balaban J connectivity index is 1.86. The number of carbonyl (C=O) groups is 1. The van der Waals surface area contributed by atoms with Crippen molar-refractivity contribution < 1.29 is 9.90 Å². The number of fused-ring (bicyclic) bond motifs is 1. The highest BCUT2D eigenvalue weighted by atomic mass is 35.5. The Labute approximate surface area is 161 Å². The SMILES string of the molecule is Cc1nnc(N2CCCC(C(=O)O)C2)c2nn(-c3ccccc3Cl)c(C)c12. The molecule has 1 fully saturated rings. The summed E-state index contributed by atoms with van der Waals surface area (Å²) in [7, 11) is 0. The molecule has 7 nitrogen and oxygen atoms in total. The number of aryl methyl sites for hydroxylation is 2. The Morgan fingerprint density at radius 2 is 2.04 bits per heavy atom. The number of anilines is 1. The van der Waals surface area contributed by atoms with E-state index in [1.807, 2.05) is 47.7 Å². The number of carboxylic acids is 1. The average Bonchev–Trinajstić information content (AvgIpc) is 3.00. The van der Waals surface area contributed by atoms with Crippen molar-refractivity contribution in [3.63, 3.8) is 0 Å². The first-order valence-electron chi connectivity index (χ1n) is 8.92. The van der Waals surface area contributed by atoms with Crippen molar-refractivity contribution in [2.24, 2.45) is 5.92 Å². The van der Waals surface area contributed by atoms with E-state index in [-0.39, 0.29) is 0 Å². The zero-order valence-corrected chi connectivity index (χ0v) is 15.9. The highest BCUT2D eigenvalue weighted by Gasteiger charge is 2.29. The predicted molar refractivity (Wildman–Crippen MR) is 104 cm³/mol. The van der Waals surface area contributed by atoms with E-state index in [4.69, 9.17) is 16.7 Å². The molecule has 0 bridgehead atoms. The lowest BCUT2D eigenvalue weighted by molar-refractivity contribution is -0.141. The maximum Gasteiger partial charge on any atom is 0.308 e. The fourth-order valence-electron chi connectivity index (χ4n) is 3.75. The fourth-order valence-corrected chi connectivity index (χ4v) is 3.97. The van der Waals surface area contributed by atoms with E-state index in [0.717, 1.165) is 40.9 Å². The molecular formula is C19H20ClN5O2. The van der Waals surface area contributed by atoms with Crippen molar-refractivity contribution in [1.29, 1.82) is 0 Å². The summed E-state index contributed by atoms with van der Waals surface area (Å²) in [6.45, 7) is 5.04. The minimum absolute atomic E-state index is 0.399. The molecule has 27 heavy (non-hydrogen) atoms. The number of rotatable bonds is 3. The molecule has 1 aromatic carbocycles. The molecular weight excluding hydrogens is 366 g/mol. The van der Waals surface area contributed by atoms with Gasteiger partial charge in [0.2, 0.25) is 0 Å². The third-order valence-corrected chi connectivity index (χ3v) is 5.46. The standard InChI is InChI=1S/C19H20ClN5O2/c1-11-16-12(2)25(15-8-4-3-7-14(15)20)23-17(16)18(22-21-11)24-9-5-6-13(10-24)19(26)27/h3-4,7-8,13H,5-6,9-10H2,1-2H3,(H,26,27). The Morgan fingerprint density at radius 3 is 2.78 bits per heavy atom. The van der Waals surface area contributed by atoms with Gasteiger partial charge in [-0.05, 0) is 38.8 Å². The summed E-state index contributed by atoms with van der Waals surface area (Å²) in [4.78, 5) is 13.4. The number of piperidine rings is 1. The normalized spacial score (nSPS) is 17.4. The molecule has 3 aromatic rings. The van der Waals surface area contributed by atoms with Gasteiger partial charge in [0.25, 0.3) is 0 Å². The Hall–Kier alpha value is -2.67. The van der Waals surface area contributed by atoms with Crippen LogP contribution in [0.25, 0.3) is 16.6 Å². The van der Waals surface area contributed by atoms with Crippen LogP contribution in [0.2, 0.25) is 5.02 Å². The molecule has 0 radical (unpaired) electrons.